The number of hydrogen-bond acceptors (Lipinski definition) is 6. The second-order valence-electron chi connectivity index (χ2n) is 9.92. The van der Waals surface area contributed by atoms with Crippen LogP contribution in [0, 0.1) is 11.8 Å². The predicted octanol–water partition coefficient (Wildman–Crippen LogP) is 0.617. The largest absolute Gasteiger partial charge is 0.480 e. The number of carboxylic acids is 2. The Morgan fingerprint density at radius 3 is 1.67 bits per heavy atom. The minimum Gasteiger partial charge on any atom is -0.480 e. The second kappa shape index (κ2) is 16.6. The van der Waals surface area contributed by atoms with Crippen LogP contribution in [0.15, 0.2) is 42.5 Å². The van der Waals surface area contributed by atoms with E-state index < -0.39 is 60.2 Å². The van der Waals surface area contributed by atoms with E-state index in [2.05, 4.69) is 21.3 Å². The lowest BCUT2D eigenvalue weighted by atomic mass is 10.00. The van der Waals surface area contributed by atoms with E-state index in [0.29, 0.717) is 5.56 Å². The molecule has 1 rings (SSSR count). The fourth-order valence-electron chi connectivity index (χ4n) is 3.60. The molecule has 0 heterocycles. The predicted molar refractivity (Wildman–Crippen MR) is 142 cm³/mol. The van der Waals surface area contributed by atoms with Crippen molar-refractivity contribution in [3.05, 3.63) is 48.0 Å². The second-order valence-corrected chi connectivity index (χ2v) is 9.92. The third kappa shape index (κ3) is 13.8. The molecule has 0 saturated carbocycles. The van der Waals surface area contributed by atoms with Crippen LogP contribution >= 0.6 is 0 Å². The number of benzene rings is 1. The highest BCUT2D eigenvalue weighted by Gasteiger charge is 2.28. The molecule has 39 heavy (non-hydrogen) atoms. The summed E-state index contributed by atoms with van der Waals surface area (Å²) in [6.07, 6.45) is 2.29. The van der Waals surface area contributed by atoms with Crippen molar-refractivity contribution in [1.29, 1.82) is 0 Å². The number of nitrogens with one attached hydrogen (secondary N) is 4. The molecule has 0 aliphatic heterocycles. The van der Waals surface area contributed by atoms with Crippen molar-refractivity contribution in [2.24, 2.45) is 11.8 Å². The molecule has 12 heteroatoms. The highest BCUT2D eigenvalue weighted by molar-refractivity contribution is 6.00. The lowest BCUT2D eigenvalue weighted by Crippen LogP contribution is -2.54. The monoisotopic (exact) mass is 546 g/mol. The first-order chi connectivity index (χ1) is 18.3. The zero-order valence-corrected chi connectivity index (χ0v) is 22.6. The SMILES string of the molecule is CC(C)C[C@H](NC(=O)/C=C/C(=O)N[C@@H](Cc1ccccc1)C(=O)O)C(=O)N[C@@H](CC(C)C)C(=O)NCC(=O)O. The molecule has 0 aliphatic carbocycles. The smallest absolute Gasteiger partial charge is 0.326 e. The number of aliphatic carboxylic acids is 2. The van der Waals surface area contributed by atoms with Crippen LogP contribution in [0.5, 0.6) is 0 Å². The van der Waals surface area contributed by atoms with E-state index in [4.69, 9.17) is 5.11 Å². The molecule has 0 spiro atoms. The normalized spacial score (nSPS) is 13.4. The Balaban J connectivity index is 2.85. The van der Waals surface area contributed by atoms with E-state index >= 15 is 0 Å². The molecule has 1 aromatic rings. The van der Waals surface area contributed by atoms with Gasteiger partial charge >= 0.3 is 11.9 Å². The molecule has 4 amide bonds. The molecule has 0 radical (unpaired) electrons. The van der Waals surface area contributed by atoms with Crippen molar-refractivity contribution in [2.75, 3.05) is 6.54 Å². The number of hydrogen-bond donors (Lipinski definition) is 6. The third-order valence-corrected chi connectivity index (χ3v) is 5.38. The van der Waals surface area contributed by atoms with Gasteiger partial charge in [0.1, 0.15) is 24.7 Å². The highest BCUT2D eigenvalue weighted by Crippen LogP contribution is 2.09. The molecule has 0 saturated heterocycles. The van der Waals surface area contributed by atoms with Crippen LogP contribution in [-0.4, -0.2) is 70.5 Å². The first-order valence-electron chi connectivity index (χ1n) is 12.6. The molecule has 0 unspecified atom stereocenters. The summed E-state index contributed by atoms with van der Waals surface area (Å²) in [5.74, 6) is -5.35. The average molecular weight is 547 g/mol. The van der Waals surface area contributed by atoms with Crippen molar-refractivity contribution in [1.82, 2.24) is 21.3 Å². The Hall–Kier alpha value is -4.22. The lowest BCUT2D eigenvalue weighted by molar-refractivity contribution is -0.141. The van der Waals surface area contributed by atoms with Crippen LogP contribution in [0.25, 0.3) is 0 Å². The quantitative estimate of drug-likeness (QED) is 0.163. The standard InChI is InChI=1S/C27H38N4O8/c1-16(2)12-19(25(36)28-15-24(34)35)31-26(37)20(13-17(3)4)29-22(32)10-11-23(33)30-21(27(38)39)14-18-8-6-5-7-9-18/h5-11,16-17,19-21H,12-15H2,1-4H3,(H,28,36)(H,29,32)(H,30,33)(H,31,37)(H,34,35)(H,38,39)/b11-10+/t19-,20-,21-/m0/s1. The van der Waals surface area contributed by atoms with E-state index in [-0.39, 0.29) is 31.1 Å². The Morgan fingerprint density at radius 1 is 0.718 bits per heavy atom. The van der Waals surface area contributed by atoms with Crippen molar-refractivity contribution in [3.63, 3.8) is 0 Å². The zero-order chi connectivity index (χ0) is 29.5. The fraction of sp³-hybridized carbons (Fsp3) is 0.481. The Labute approximate surface area is 227 Å². The summed E-state index contributed by atoms with van der Waals surface area (Å²) in [4.78, 5) is 72.6. The van der Waals surface area contributed by atoms with E-state index in [1.165, 1.54) is 0 Å². The third-order valence-electron chi connectivity index (χ3n) is 5.38. The lowest BCUT2D eigenvalue weighted by Gasteiger charge is -2.24. The molecule has 214 valence electrons. The maximum absolute atomic E-state index is 13.0. The van der Waals surface area contributed by atoms with Gasteiger partial charge in [-0.1, -0.05) is 58.0 Å². The fourth-order valence-corrected chi connectivity index (χ4v) is 3.60. The van der Waals surface area contributed by atoms with Crippen LogP contribution in [-0.2, 0) is 35.2 Å². The van der Waals surface area contributed by atoms with Crippen molar-refractivity contribution >= 4 is 35.6 Å². The minimum atomic E-state index is -1.23. The van der Waals surface area contributed by atoms with Gasteiger partial charge in [0.05, 0.1) is 0 Å². The molecule has 12 nitrogen and oxygen atoms in total. The van der Waals surface area contributed by atoms with Crippen LogP contribution in [0.2, 0.25) is 0 Å². The maximum Gasteiger partial charge on any atom is 0.326 e. The first-order valence-corrected chi connectivity index (χ1v) is 12.6. The van der Waals surface area contributed by atoms with Gasteiger partial charge in [-0.05, 0) is 30.2 Å². The van der Waals surface area contributed by atoms with Gasteiger partial charge in [-0.25, -0.2) is 4.79 Å². The zero-order valence-electron chi connectivity index (χ0n) is 22.6. The van der Waals surface area contributed by atoms with Gasteiger partial charge in [0.2, 0.25) is 23.6 Å². The minimum absolute atomic E-state index is 0.00184. The molecular weight excluding hydrogens is 508 g/mol. The molecule has 0 fully saturated rings. The first kappa shape index (κ1) is 32.8. The summed E-state index contributed by atoms with van der Waals surface area (Å²) in [5.41, 5.74) is 0.710. The van der Waals surface area contributed by atoms with Gasteiger partial charge in [-0.3, -0.25) is 24.0 Å². The molecule has 6 N–H and O–H groups in total. The summed E-state index contributed by atoms with van der Waals surface area (Å²) in [6, 6.07) is 5.47. The van der Waals surface area contributed by atoms with Gasteiger partial charge in [-0.15, -0.1) is 0 Å². The van der Waals surface area contributed by atoms with Crippen LogP contribution < -0.4 is 21.3 Å². The summed E-state index contributed by atoms with van der Waals surface area (Å²) >= 11 is 0. The van der Waals surface area contributed by atoms with Crippen molar-refractivity contribution in [2.45, 2.75) is 65.1 Å². The molecule has 0 bridgehead atoms. The van der Waals surface area contributed by atoms with Gasteiger partial charge in [-0.2, -0.15) is 0 Å². The van der Waals surface area contributed by atoms with Crippen LogP contribution in [0.3, 0.4) is 0 Å². The molecule has 0 aromatic heterocycles. The summed E-state index contributed by atoms with van der Waals surface area (Å²) in [7, 11) is 0. The Bertz CT molecular complexity index is 1040. The molecule has 1 aromatic carbocycles. The topological polar surface area (TPSA) is 191 Å². The average Bonchev–Trinajstić information content (AvgIpc) is 2.84. The highest BCUT2D eigenvalue weighted by atomic mass is 16.4. The molecule has 3 atom stereocenters. The van der Waals surface area contributed by atoms with E-state index in [1.807, 2.05) is 27.7 Å². The van der Waals surface area contributed by atoms with Gasteiger partial charge in [0, 0.05) is 18.6 Å². The van der Waals surface area contributed by atoms with E-state index in [1.54, 1.807) is 30.3 Å². The van der Waals surface area contributed by atoms with Gasteiger partial charge < -0.3 is 31.5 Å². The van der Waals surface area contributed by atoms with Gasteiger partial charge in [0.15, 0.2) is 0 Å². The summed E-state index contributed by atoms with van der Waals surface area (Å²) < 4.78 is 0. The van der Waals surface area contributed by atoms with Crippen molar-refractivity contribution in [3.8, 4) is 0 Å². The number of carbonyl (C=O) groups excluding carboxylic acids is 4. The molecule has 0 aliphatic rings. The number of rotatable bonds is 16. The van der Waals surface area contributed by atoms with E-state index in [0.717, 1.165) is 12.2 Å². The maximum atomic E-state index is 13.0. The van der Waals surface area contributed by atoms with E-state index in [9.17, 15) is 33.9 Å². The number of carbonyl (C=O) groups is 6. The van der Waals surface area contributed by atoms with Crippen molar-refractivity contribution < 1.29 is 39.0 Å². The Morgan fingerprint density at radius 2 is 1.21 bits per heavy atom. The number of carboxylic acid groups (broad SMARTS) is 2. The van der Waals surface area contributed by atoms with Crippen LogP contribution in [0.1, 0.15) is 46.1 Å². The summed E-state index contributed by atoms with van der Waals surface area (Å²) in [5, 5.41) is 27.9. The number of amides is 4. The van der Waals surface area contributed by atoms with Crippen LogP contribution in [0.4, 0.5) is 0 Å². The van der Waals surface area contributed by atoms with Gasteiger partial charge in [0.25, 0.3) is 0 Å². The molecular formula is C27H38N4O8. The Kier molecular flexibility index (Phi) is 14.0. The summed E-state index contributed by atoms with van der Waals surface area (Å²) in [6.45, 7) is 6.74.